The summed E-state index contributed by atoms with van der Waals surface area (Å²) in [4.78, 5) is 23.9. The van der Waals surface area contributed by atoms with Gasteiger partial charge in [-0.25, -0.2) is 0 Å². The Kier molecular flexibility index (Phi) is 4.01. The summed E-state index contributed by atoms with van der Waals surface area (Å²) in [5.41, 5.74) is 5.80. The number of hydrogen-bond donors (Lipinski definition) is 1. The van der Waals surface area contributed by atoms with Crippen LogP contribution in [0.5, 0.6) is 0 Å². The summed E-state index contributed by atoms with van der Waals surface area (Å²) < 4.78 is 5.75. The molecular formula is C12H11ClN2O3S. The third kappa shape index (κ3) is 3.21. The normalized spacial score (nSPS) is 10.6. The molecule has 2 N–H and O–H groups in total. The highest BCUT2D eigenvalue weighted by Crippen LogP contribution is 2.27. The smallest absolute Gasteiger partial charge is 0.290 e. The van der Waals surface area contributed by atoms with Crippen LogP contribution in [0.1, 0.15) is 10.6 Å². The van der Waals surface area contributed by atoms with E-state index in [-0.39, 0.29) is 5.75 Å². The van der Waals surface area contributed by atoms with E-state index in [0.29, 0.717) is 16.5 Å². The van der Waals surface area contributed by atoms with Gasteiger partial charge in [-0.1, -0.05) is 11.6 Å². The lowest BCUT2D eigenvalue weighted by Crippen LogP contribution is -2.23. The van der Waals surface area contributed by atoms with E-state index in [1.807, 2.05) is 0 Å². The van der Waals surface area contributed by atoms with Crippen LogP contribution in [0.15, 0.2) is 38.5 Å². The average molecular weight is 299 g/mol. The molecule has 0 radical (unpaired) electrons. The first-order chi connectivity index (χ1) is 8.97. The van der Waals surface area contributed by atoms with Crippen molar-refractivity contribution in [2.75, 3.05) is 11.5 Å². The van der Waals surface area contributed by atoms with Crippen molar-refractivity contribution in [1.82, 2.24) is 4.74 Å². The van der Waals surface area contributed by atoms with Crippen LogP contribution in [0, 0.1) is 6.92 Å². The highest BCUT2D eigenvalue weighted by molar-refractivity contribution is 8.00. The summed E-state index contributed by atoms with van der Waals surface area (Å²) in [6, 6.07) is 6.29. The fraction of sp³-hybridized carbons (Fsp3) is 0.167. The summed E-state index contributed by atoms with van der Waals surface area (Å²) >= 11 is 7.01. The maximum atomic E-state index is 11.8. The number of aromatic nitrogens is 1. The Hall–Kier alpha value is -1.66. The van der Waals surface area contributed by atoms with Gasteiger partial charge in [0.05, 0.1) is 5.75 Å². The largest absolute Gasteiger partial charge is 0.398 e. The third-order valence-electron chi connectivity index (χ3n) is 2.31. The van der Waals surface area contributed by atoms with Crippen molar-refractivity contribution in [3.05, 3.63) is 45.4 Å². The fourth-order valence-electron chi connectivity index (χ4n) is 1.47. The third-order valence-corrected chi connectivity index (χ3v) is 3.62. The Balaban J connectivity index is 2.08. The lowest BCUT2D eigenvalue weighted by molar-refractivity contribution is 0.0813. The predicted molar refractivity (Wildman–Crippen MR) is 74.9 cm³/mol. The first-order valence-corrected chi connectivity index (χ1v) is 6.75. The van der Waals surface area contributed by atoms with E-state index in [2.05, 4.69) is 0 Å². The van der Waals surface area contributed by atoms with Crippen LogP contribution in [-0.2, 0) is 0 Å². The number of carbonyl (C=O) groups excluding carboxylic acids is 1. The van der Waals surface area contributed by atoms with Crippen molar-refractivity contribution >= 4 is 35.0 Å². The number of aryl methyl sites for hydroxylation is 1. The highest BCUT2D eigenvalue weighted by Gasteiger charge is 2.13. The second-order valence-electron chi connectivity index (χ2n) is 3.84. The summed E-state index contributed by atoms with van der Waals surface area (Å²) in [6.07, 6.45) is 0. The van der Waals surface area contributed by atoms with Gasteiger partial charge in [0.2, 0.25) is 0 Å². The van der Waals surface area contributed by atoms with Crippen molar-refractivity contribution in [2.24, 2.45) is 0 Å². The summed E-state index contributed by atoms with van der Waals surface area (Å²) in [7, 11) is 0. The number of nitrogen functional groups attached to an aromatic ring is 1. The second kappa shape index (κ2) is 5.54. The van der Waals surface area contributed by atoms with Crippen LogP contribution < -0.4 is 11.3 Å². The van der Waals surface area contributed by atoms with Gasteiger partial charge in [-0.3, -0.25) is 9.59 Å². The lowest BCUT2D eigenvalue weighted by atomic mass is 10.3. The second-order valence-corrected chi connectivity index (χ2v) is 5.30. The minimum absolute atomic E-state index is 0.0543. The number of halogens is 1. The molecule has 0 amide bonds. The van der Waals surface area contributed by atoms with Gasteiger partial charge in [0.15, 0.2) is 0 Å². The monoisotopic (exact) mass is 298 g/mol. The van der Waals surface area contributed by atoms with Crippen LogP contribution in [0.25, 0.3) is 0 Å². The zero-order valence-corrected chi connectivity index (χ0v) is 11.6. The predicted octanol–water partition coefficient (Wildman–Crippen LogP) is 2.42. The molecule has 19 heavy (non-hydrogen) atoms. The van der Waals surface area contributed by atoms with E-state index in [1.54, 1.807) is 25.1 Å². The number of hydrogen-bond acceptors (Lipinski definition) is 5. The van der Waals surface area contributed by atoms with Gasteiger partial charge in [-0.05, 0) is 25.1 Å². The number of thioether (sulfide) groups is 1. The van der Waals surface area contributed by atoms with Crippen LogP contribution in [0.4, 0.5) is 5.69 Å². The Labute approximate surface area is 118 Å². The van der Waals surface area contributed by atoms with E-state index in [1.165, 1.54) is 17.8 Å². The van der Waals surface area contributed by atoms with Crippen molar-refractivity contribution in [3.63, 3.8) is 0 Å². The van der Waals surface area contributed by atoms with Crippen LogP contribution in [0.3, 0.4) is 0 Å². The van der Waals surface area contributed by atoms with Gasteiger partial charge in [0.25, 0.3) is 11.5 Å². The van der Waals surface area contributed by atoms with E-state index < -0.39 is 11.5 Å². The number of nitrogens with zero attached hydrogens (tertiary/aromatic N) is 1. The zero-order chi connectivity index (χ0) is 14.0. The number of benzene rings is 1. The van der Waals surface area contributed by atoms with E-state index in [4.69, 9.17) is 21.9 Å². The summed E-state index contributed by atoms with van der Waals surface area (Å²) in [6.45, 7) is 1.61. The summed E-state index contributed by atoms with van der Waals surface area (Å²) in [5.74, 6) is 0.0189. The molecule has 7 heteroatoms. The minimum atomic E-state index is -0.466. The number of carbonyl (C=O) groups is 1. The molecule has 1 aromatic heterocycles. The molecule has 1 aromatic carbocycles. The van der Waals surface area contributed by atoms with E-state index in [9.17, 15) is 9.59 Å². The molecule has 0 aliphatic carbocycles. The SMILES string of the molecule is Cc1cc(=O)n(C(=O)CSc2ccc(Cl)cc2N)o1. The molecule has 0 saturated heterocycles. The molecule has 0 spiro atoms. The molecule has 0 bridgehead atoms. The standard InChI is InChI=1S/C12H11ClN2O3S/c1-7-4-11(16)15(18-7)12(17)6-19-10-3-2-8(13)5-9(10)14/h2-5H,6,14H2,1H3. The number of rotatable bonds is 3. The quantitative estimate of drug-likeness (QED) is 0.695. The number of anilines is 1. The van der Waals surface area contributed by atoms with Crippen molar-refractivity contribution in [1.29, 1.82) is 0 Å². The van der Waals surface area contributed by atoms with Gasteiger partial charge in [0.1, 0.15) is 5.76 Å². The van der Waals surface area contributed by atoms with Crippen LogP contribution in [-0.4, -0.2) is 16.4 Å². The molecule has 2 aromatic rings. The van der Waals surface area contributed by atoms with Crippen molar-refractivity contribution in [2.45, 2.75) is 11.8 Å². The molecule has 1 heterocycles. The van der Waals surface area contributed by atoms with Crippen molar-refractivity contribution in [3.8, 4) is 0 Å². The van der Waals surface area contributed by atoms with E-state index in [0.717, 1.165) is 9.64 Å². The number of nitrogens with two attached hydrogens (primary N) is 1. The molecule has 0 unspecified atom stereocenters. The fourth-order valence-corrected chi connectivity index (χ4v) is 2.44. The Morgan fingerprint density at radius 1 is 1.47 bits per heavy atom. The van der Waals surface area contributed by atoms with E-state index >= 15 is 0 Å². The van der Waals surface area contributed by atoms with Gasteiger partial charge >= 0.3 is 0 Å². The van der Waals surface area contributed by atoms with Gasteiger partial charge in [0, 0.05) is 21.7 Å². The molecule has 0 aliphatic heterocycles. The summed E-state index contributed by atoms with van der Waals surface area (Å²) in [5, 5.41) is 0.533. The van der Waals surface area contributed by atoms with Gasteiger partial charge in [-0.2, -0.15) is 0 Å². The van der Waals surface area contributed by atoms with Crippen LogP contribution in [0.2, 0.25) is 5.02 Å². The molecule has 5 nitrogen and oxygen atoms in total. The first-order valence-electron chi connectivity index (χ1n) is 5.38. The Bertz CT molecular complexity index is 678. The molecule has 100 valence electrons. The molecular weight excluding hydrogens is 288 g/mol. The molecule has 0 atom stereocenters. The highest BCUT2D eigenvalue weighted by atomic mass is 35.5. The van der Waals surface area contributed by atoms with Gasteiger partial charge in [-0.15, -0.1) is 16.5 Å². The van der Waals surface area contributed by atoms with Crippen LogP contribution >= 0.6 is 23.4 Å². The van der Waals surface area contributed by atoms with Gasteiger partial charge < -0.3 is 10.3 Å². The molecule has 0 fully saturated rings. The Morgan fingerprint density at radius 3 is 2.79 bits per heavy atom. The maximum absolute atomic E-state index is 11.8. The molecule has 0 aliphatic rings. The molecule has 2 rings (SSSR count). The zero-order valence-electron chi connectivity index (χ0n) is 10.1. The maximum Gasteiger partial charge on any atom is 0.290 e. The first kappa shape index (κ1) is 13.8. The lowest BCUT2D eigenvalue weighted by Gasteiger charge is -2.04. The molecule has 0 saturated carbocycles. The minimum Gasteiger partial charge on any atom is -0.398 e. The van der Waals surface area contributed by atoms with Crippen molar-refractivity contribution < 1.29 is 9.32 Å². The topological polar surface area (TPSA) is 78.2 Å². The Morgan fingerprint density at radius 2 is 2.21 bits per heavy atom. The average Bonchev–Trinajstić information content (AvgIpc) is 2.67.